The molecule has 0 atom stereocenters. The van der Waals surface area contributed by atoms with Gasteiger partial charge in [-0.2, -0.15) is 11.2 Å². The van der Waals surface area contributed by atoms with Crippen molar-refractivity contribution in [2.45, 2.75) is 6.92 Å². The zero-order valence-corrected chi connectivity index (χ0v) is 16.2. The first kappa shape index (κ1) is 15.7. The number of benzene rings is 4. The van der Waals surface area contributed by atoms with Gasteiger partial charge in [-0.1, -0.05) is 52.6 Å². The largest absolute Gasteiger partial charge is 0.284 e. The molecule has 0 fully saturated rings. The van der Waals surface area contributed by atoms with Crippen LogP contribution >= 0.6 is 0 Å². The first-order valence-electron chi connectivity index (χ1n) is 8.28. The smallest absolute Gasteiger partial charge is 0.0711 e. The van der Waals surface area contributed by atoms with Gasteiger partial charge in [0, 0.05) is 32.1 Å². The molecule has 2 aromatic heterocycles. The average molecular weight is 516 g/mol. The fourth-order valence-corrected chi connectivity index (χ4v) is 4.34. The molecule has 26 heavy (non-hydrogen) atoms. The third kappa shape index (κ3) is 1.71. The maximum absolute atomic E-state index is 15.0. The normalized spacial score (nSPS) is 11.9. The van der Waals surface area contributed by atoms with Crippen molar-refractivity contribution in [1.29, 1.82) is 0 Å². The Morgan fingerprint density at radius 3 is 2.46 bits per heavy atom. The van der Waals surface area contributed by atoms with Crippen LogP contribution in [0.4, 0.5) is 4.39 Å². The van der Waals surface area contributed by atoms with E-state index < -0.39 is 0 Å². The van der Waals surface area contributed by atoms with Gasteiger partial charge in [0.1, 0.15) is 0 Å². The number of hydrogen-bond donors (Lipinski definition) is 0. The molecule has 0 amide bonds. The van der Waals surface area contributed by atoms with Crippen molar-refractivity contribution >= 4 is 48.7 Å². The van der Waals surface area contributed by atoms with Crippen molar-refractivity contribution in [1.82, 2.24) is 9.61 Å². The topological polar surface area (TPSA) is 17.3 Å². The molecule has 6 aromatic rings. The van der Waals surface area contributed by atoms with Crippen LogP contribution in [0.25, 0.3) is 48.7 Å². The number of pyridine rings is 1. The van der Waals surface area contributed by atoms with Crippen LogP contribution in [0.2, 0.25) is 0 Å². The SMILES string of the molecule is Cc1cccc2c3cccc4c3c3c(c(F)c[c-]c3n3nccc43)c12.[Ir]. The predicted octanol–water partition coefficient (Wildman–Crippen LogP) is 5.63. The fraction of sp³-hybridized carbons (Fsp3) is 0.0455. The minimum Gasteiger partial charge on any atom is -0.284 e. The number of rotatable bonds is 0. The van der Waals surface area contributed by atoms with E-state index in [0.717, 1.165) is 48.9 Å². The Bertz CT molecular complexity index is 1470. The summed E-state index contributed by atoms with van der Waals surface area (Å²) in [7, 11) is 0. The molecule has 0 spiro atoms. The third-order valence-corrected chi connectivity index (χ3v) is 5.32. The zero-order chi connectivity index (χ0) is 16.7. The standard InChI is InChI=1S/C22H12FN2.Ir/c1-12-4-2-5-13-14-6-3-7-15-17-10-11-24-25(17)18-9-8-16(23)21(19(12)13)22(18)20(14)15;/h2-8,10-11H,1H3;/q-1;. The maximum Gasteiger partial charge on any atom is 0.0711 e. The molecule has 6 rings (SSSR count). The number of aryl methyl sites for hydroxylation is 1. The Morgan fingerprint density at radius 2 is 1.62 bits per heavy atom. The molecule has 0 saturated carbocycles. The van der Waals surface area contributed by atoms with Crippen LogP contribution in [0.5, 0.6) is 0 Å². The van der Waals surface area contributed by atoms with Gasteiger partial charge in [-0.25, -0.2) is 0 Å². The second-order valence-electron chi connectivity index (χ2n) is 6.59. The second-order valence-corrected chi connectivity index (χ2v) is 6.59. The van der Waals surface area contributed by atoms with Crippen molar-refractivity contribution < 1.29 is 24.5 Å². The molecule has 2 heterocycles. The molecule has 0 N–H and O–H groups in total. The van der Waals surface area contributed by atoms with Gasteiger partial charge >= 0.3 is 0 Å². The number of hydrogen-bond acceptors (Lipinski definition) is 1. The van der Waals surface area contributed by atoms with E-state index in [2.05, 4.69) is 35.4 Å². The maximum atomic E-state index is 15.0. The van der Waals surface area contributed by atoms with Crippen LogP contribution in [-0.2, 0) is 20.1 Å². The molecule has 4 aromatic carbocycles. The van der Waals surface area contributed by atoms with Crippen LogP contribution in [0.15, 0.2) is 54.7 Å². The minimum absolute atomic E-state index is 0. The number of nitrogens with zero attached hydrogens (tertiary/aromatic N) is 2. The van der Waals surface area contributed by atoms with Crippen molar-refractivity contribution in [2.75, 3.05) is 0 Å². The molecule has 1 radical (unpaired) electrons. The van der Waals surface area contributed by atoms with E-state index in [1.165, 1.54) is 6.07 Å². The van der Waals surface area contributed by atoms with Gasteiger partial charge in [0.25, 0.3) is 0 Å². The number of aromatic nitrogens is 2. The monoisotopic (exact) mass is 516 g/mol. The summed E-state index contributed by atoms with van der Waals surface area (Å²) < 4.78 is 16.9. The Balaban J connectivity index is 0.00000150. The molecule has 0 aliphatic rings. The summed E-state index contributed by atoms with van der Waals surface area (Å²) in [4.78, 5) is 0. The van der Waals surface area contributed by atoms with Gasteiger partial charge in [0.2, 0.25) is 0 Å². The van der Waals surface area contributed by atoms with Crippen molar-refractivity contribution in [3.8, 4) is 0 Å². The fourth-order valence-electron chi connectivity index (χ4n) is 4.34. The molecule has 0 aliphatic heterocycles. The van der Waals surface area contributed by atoms with Gasteiger partial charge in [0.15, 0.2) is 0 Å². The molecule has 0 unspecified atom stereocenters. The van der Waals surface area contributed by atoms with Gasteiger partial charge < -0.3 is 0 Å². The van der Waals surface area contributed by atoms with Crippen molar-refractivity contribution in [3.05, 3.63) is 72.2 Å². The molecule has 2 nitrogen and oxygen atoms in total. The molecular formula is C22H12FIrN2-. The molecule has 127 valence electrons. The van der Waals surface area contributed by atoms with E-state index in [1.807, 2.05) is 29.6 Å². The number of halogens is 1. The van der Waals surface area contributed by atoms with E-state index >= 15 is 4.39 Å². The van der Waals surface area contributed by atoms with E-state index in [1.54, 1.807) is 6.20 Å². The van der Waals surface area contributed by atoms with Gasteiger partial charge in [-0.15, -0.1) is 6.07 Å². The molecule has 4 heteroatoms. The molecule has 0 bridgehead atoms. The summed E-state index contributed by atoms with van der Waals surface area (Å²) in [6, 6.07) is 19.0. The Morgan fingerprint density at radius 1 is 0.885 bits per heavy atom. The molecular weight excluding hydrogens is 503 g/mol. The molecule has 0 saturated heterocycles. The summed E-state index contributed by atoms with van der Waals surface area (Å²) in [5, 5.41) is 11.4. The van der Waals surface area contributed by atoms with E-state index in [-0.39, 0.29) is 25.9 Å². The third-order valence-electron chi connectivity index (χ3n) is 5.32. The van der Waals surface area contributed by atoms with Crippen LogP contribution in [-0.4, -0.2) is 9.61 Å². The minimum atomic E-state index is -0.231. The van der Waals surface area contributed by atoms with Crippen LogP contribution in [0.1, 0.15) is 5.56 Å². The quantitative estimate of drug-likeness (QED) is 0.146. The summed E-state index contributed by atoms with van der Waals surface area (Å²) in [6.07, 6.45) is 1.79. The van der Waals surface area contributed by atoms with Gasteiger partial charge in [0.05, 0.1) is 5.52 Å². The second kappa shape index (κ2) is 5.23. The summed E-state index contributed by atoms with van der Waals surface area (Å²) >= 11 is 0. The summed E-state index contributed by atoms with van der Waals surface area (Å²) in [5.41, 5.74) is 2.92. The summed E-state index contributed by atoms with van der Waals surface area (Å²) in [5.74, 6) is -0.231. The zero-order valence-electron chi connectivity index (χ0n) is 13.8. The van der Waals surface area contributed by atoms with Crippen molar-refractivity contribution in [3.63, 3.8) is 0 Å². The Kier molecular flexibility index (Phi) is 3.15. The average Bonchev–Trinajstić information content (AvgIpc) is 3.12. The number of fused-ring (bicyclic) bond motifs is 6. The first-order valence-corrected chi connectivity index (χ1v) is 8.28. The van der Waals surface area contributed by atoms with E-state index in [4.69, 9.17) is 0 Å². The van der Waals surface area contributed by atoms with Crippen LogP contribution in [0, 0.1) is 18.8 Å². The van der Waals surface area contributed by atoms with Gasteiger partial charge in [-0.3, -0.25) is 8.91 Å². The Hall–Kier alpha value is -2.55. The first-order chi connectivity index (χ1) is 12.3. The van der Waals surface area contributed by atoms with Crippen LogP contribution in [0.3, 0.4) is 0 Å². The van der Waals surface area contributed by atoms with Crippen molar-refractivity contribution in [2.24, 2.45) is 0 Å². The summed E-state index contributed by atoms with van der Waals surface area (Å²) in [6.45, 7) is 2.04. The van der Waals surface area contributed by atoms with E-state index in [0.29, 0.717) is 5.39 Å². The molecule has 0 aliphatic carbocycles. The van der Waals surface area contributed by atoms with E-state index in [9.17, 15) is 0 Å². The van der Waals surface area contributed by atoms with Gasteiger partial charge in [-0.05, 0) is 45.6 Å². The van der Waals surface area contributed by atoms with Crippen LogP contribution < -0.4 is 0 Å². The Labute approximate surface area is 161 Å². The predicted molar refractivity (Wildman–Crippen MR) is 99.9 cm³/mol.